The number of allylic oxidation sites excluding steroid dienone is 28. The largest absolute Gasteiger partial charge is 0.477 e. The molecule has 478 valence electrons. The summed E-state index contributed by atoms with van der Waals surface area (Å²) in [5, 5.41) is 9.73. The zero-order valence-corrected chi connectivity index (χ0v) is 54.4. The first-order valence-electron chi connectivity index (χ1n) is 33.3. The van der Waals surface area contributed by atoms with E-state index in [0.717, 1.165) is 135 Å². The lowest BCUT2D eigenvalue weighted by molar-refractivity contribution is -0.870. The highest BCUT2D eigenvalue weighted by molar-refractivity contribution is 5.71. The van der Waals surface area contributed by atoms with E-state index >= 15 is 0 Å². The monoisotopic (exact) mass is 1180 g/mol. The van der Waals surface area contributed by atoms with E-state index in [-0.39, 0.29) is 38.6 Å². The van der Waals surface area contributed by atoms with Gasteiger partial charge in [-0.15, -0.1) is 0 Å². The van der Waals surface area contributed by atoms with Crippen LogP contribution in [0.5, 0.6) is 0 Å². The van der Waals surface area contributed by atoms with Gasteiger partial charge in [0.15, 0.2) is 6.10 Å². The zero-order chi connectivity index (χ0) is 61.9. The molecule has 2 unspecified atom stereocenters. The Bertz CT molecular complexity index is 2000. The minimum Gasteiger partial charge on any atom is -0.477 e. The van der Waals surface area contributed by atoms with E-state index < -0.39 is 24.3 Å². The van der Waals surface area contributed by atoms with Crippen LogP contribution < -0.4 is 0 Å². The molecule has 9 heteroatoms. The molecule has 0 rings (SSSR count). The number of hydrogen-bond donors (Lipinski definition) is 1. The Morgan fingerprint density at radius 2 is 0.671 bits per heavy atom. The number of nitrogens with zero attached hydrogens (tertiary/aromatic N) is 1. The van der Waals surface area contributed by atoms with Crippen molar-refractivity contribution in [2.45, 2.75) is 245 Å². The molecule has 0 heterocycles. The Hall–Kier alpha value is -5.35. The molecule has 0 radical (unpaired) electrons. The minimum absolute atomic E-state index is 0.170. The number of hydrogen-bond acceptors (Lipinski definition) is 7. The molecule has 2 atom stereocenters. The second kappa shape index (κ2) is 64.6. The van der Waals surface area contributed by atoms with Gasteiger partial charge in [-0.2, -0.15) is 0 Å². The van der Waals surface area contributed by atoms with Crippen molar-refractivity contribution in [2.75, 3.05) is 47.5 Å². The third kappa shape index (κ3) is 66.0. The molecule has 0 aromatic rings. The van der Waals surface area contributed by atoms with Crippen molar-refractivity contribution >= 4 is 17.9 Å². The highest BCUT2D eigenvalue weighted by Crippen LogP contribution is 2.14. The van der Waals surface area contributed by atoms with Crippen molar-refractivity contribution in [3.63, 3.8) is 0 Å². The van der Waals surface area contributed by atoms with Crippen LogP contribution in [0.4, 0.5) is 0 Å². The van der Waals surface area contributed by atoms with E-state index in [1.807, 2.05) is 21.1 Å². The van der Waals surface area contributed by atoms with Crippen LogP contribution in [0.1, 0.15) is 232 Å². The van der Waals surface area contributed by atoms with Gasteiger partial charge in [-0.25, -0.2) is 4.79 Å². The molecule has 1 N–H and O–H groups in total. The lowest BCUT2D eigenvalue weighted by Gasteiger charge is -2.25. The van der Waals surface area contributed by atoms with Crippen LogP contribution in [0.25, 0.3) is 0 Å². The molecule has 9 nitrogen and oxygen atoms in total. The van der Waals surface area contributed by atoms with Gasteiger partial charge in [0.25, 0.3) is 6.29 Å². The summed E-state index contributed by atoms with van der Waals surface area (Å²) in [6.45, 7) is 4.68. The molecule has 0 amide bonds. The average Bonchev–Trinajstić information content (AvgIpc) is 3.48. The van der Waals surface area contributed by atoms with Gasteiger partial charge in [-0.1, -0.05) is 255 Å². The number of aliphatic carboxylic acids is 1. The van der Waals surface area contributed by atoms with Crippen LogP contribution in [-0.2, 0) is 33.3 Å². The minimum atomic E-state index is -1.53. The number of rotatable bonds is 59. The van der Waals surface area contributed by atoms with Gasteiger partial charge in [0.2, 0.25) is 0 Å². The third-order valence-electron chi connectivity index (χ3n) is 13.5. The van der Waals surface area contributed by atoms with E-state index in [9.17, 15) is 19.5 Å². The molecule has 0 aliphatic heterocycles. The Balaban J connectivity index is 4.32. The van der Waals surface area contributed by atoms with Crippen LogP contribution >= 0.6 is 0 Å². The van der Waals surface area contributed by atoms with Gasteiger partial charge in [-0.3, -0.25) is 9.59 Å². The highest BCUT2D eigenvalue weighted by atomic mass is 16.7. The fourth-order valence-electron chi connectivity index (χ4n) is 8.38. The average molecular weight is 1180 g/mol. The first kappa shape index (κ1) is 79.7. The maximum absolute atomic E-state index is 12.9. The third-order valence-corrected chi connectivity index (χ3v) is 13.5. The number of carbonyl (C=O) groups is 3. The second-order valence-electron chi connectivity index (χ2n) is 22.7. The normalized spacial score (nSPS) is 13.8. The van der Waals surface area contributed by atoms with E-state index in [4.69, 9.17) is 18.9 Å². The summed E-state index contributed by atoms with van der Waals surface area (Å²) < 4.78 is 22.9. The van der Waals surface area contributed by atoms with Crippen LogP contribution in [-0.4, -0.2) is 87.4 Å². The van der Waals surface area contributed by atoms with Gasteiger partial charge in [0, 0.05) is 12.8 Å². The molecule has 0 aromatic heterocycles. The van der Waals surface area contributed by atoms with Crippen LogP contribution in [0.2, 0.25) is 0 Å². The lowest BCUT2D eigenvalue weighted by Crippen LogP contribution is -2.40. The number of likely N-dealkylation sites (N-methyl/N-ethyl adjacent to an activating group) is 1. The molecule has 85 heavy (non-hydrogen) atoms. The van der Waals surface area contributed by atoms with Crippen LogP contribution in [0.15, 0.2) is 170 Å². The fourth-order valence-corrected chi connectivity index (χ4v) is 8.38. The maximum atomic E-state index is 12.9. The molecule has 0 aliphatic rings. The number of carbonyl (C=O) groups excluding carboxylic acids is 2. The molecule has 0 aliphatic carbocycles. The molecule has 0 saturated heterocycles. The van der Waals surface area contributed by atoms with Gasteiger partial charge >= 0.3 is 17.9 Å². The van der Waals surface area contributed by atoms with Gasteiger partial charge in [0.05, 0.1) is 34.4 Å². The number of carboxylic acids is 1. The van der Waals surface area contributed by atoms with Gasteiger partial charge in [-0.05, 0) is 135 Å². The molecular formula is C76H122NO8+. The summed E-state index contributed by atoms with van der Waals surface area (Å²) >= 11 is 0. The second-order valence-corrected chi connectivity index (χ2v) is 22.7. The number of ether oxygens (including phenoxy) is 4. The number of carboxylic acid groups (broad SMARTS) is 1. The van der Waals surface area contributed by atoms with E-state index in [1.54, 1.807) is 0 Å². The number of quaternary nitrogens is 1. The lowest BCUT2D eigenvalue weighted by atomic mass is 10.1. The Kier molecular flexibility index (Phi) is 60.6. The Morgan fingerprint density at radius 3 is 1.01 bits per heavy atom. The van der Waals surface area contributed by atoms with Crippen molar-refractivity contribution in [3.8, 4) is 0 Å². The first-order chi connectivity index (χ1) is 41.6. The van der Waals surface area contributed by atoms with Crippen molar-refractivity contribution in [1.29, 1.82) is 0 Å². The summed E-state index contributed by atoms with van der Waals surface area (Å²) in [7, 11) is 5.94. The zero-order valence-electron chi connectivity index (χ0n) is 54.4. The SMILES string of the molecule is CC/C=C\C/C=C\C/C=C\C/C=C\C/C=C\C/C=C\C/C=C\C/C=C\C/C=C\C/C=C\C/C=C\CCCCCC(=O)OC(COC(=O)CCCCCCCCCC/C=C\C/C=C\C/C=C\CCCCCCC)COC(OCC[N+](C)(C)C)C(=O)O. The fraction of sp³-hybridized carbons (Fsp3) is 0.592. The Morgan fingerprint density at radius 1 is 0.365 bits per heavy atom. The van der Waals surface area contributed by atoms with E-state index in [1.165, 1.54) is 64.2 Å². The van der Waals surface area contributed by atoms with Gasteiger partial charge < -0.3 is 28.5 Å². The van der Waals surface area contributed by atoms with Crippen molar-refractivity contribution in [2.24, 2.45) is 0 Å². The molecular weight excluding hydrogens is 1050 g/mol. The highest BCUT2D eigenvalue weighted by Gasteiger charge is 2.25. The number of unbranched alkanes of at least 4 members (excludes halogenated alkanes) is 16. The molecule has 0 spiro atoms. The predicted molar refractivity (Wildman–Crippen MR) is 363 cm³/mol. The van der Waals surface area contributed by atoms with Gasteiger partial charge in [0.1, 0.15) is 13.2 Å². The summed E-state index contributed by atoms with van der Waals surface area (Å²) in [6, 6.07) is 0. The smallest absolute Gasteiger partial charge is 0.361 e. The van der Waals surface area contributed by atoms with Crippen LogP contribution in [0.3, 0.4) is 0 Å². The maximum Gasteiger partial charge on any atom is 0.361 e. The predicted octanol–water partition coefficient (Wildman–Crippen LogP) is 20.7. The summed E-state index contributed by atoms with van der Waals surface area (Å²) in [5.41, 5.74) is 0. The van der Waals surface area contributed by atoms with E-state index in [0.29, 0.717) is 17.4 Å². The van der Waals surface area contributed by atoms with Crippen molar-refractivity contribution in [3.05, 3.63) is 170 Å². The molecule has 0 bridgehead atoms. The molecule has 0 saturated carbocycles. The van der Waals surface area contributed by atoms with Crippen molar-refractivity contribution in [1.82, 2.24) is 0 Å². The topological polar surface area (TPSA) is 108 Å². The molecule has 0 fully saturated rings. The molecule has 0 aromatic carbocycles. The summed E-state index contributed by atoms with van der Waals surface area (Å²) in [6.07, 6.45) is 94.5. The standard InChI is InChI=1S/C76H121NO8/c1-6-8-10-12-14-16-18-20-22-24-26-28-30-31-32-33-34-35-36-37-38-39-40-41-42-43-45-47-49-51-53-55-57-59-61-63-65-67-74(79)85-72(71-84-76(75(80)81)82-69-68-77(3,4)5)70-83-73(78)66-64-62-60-58-56-54-52-50-48-46-44-29-27-25-23-21-19-17-15-13-11-9-7-2/h8,10,14,16,19-22,25-28,31-32,34-35,37-38,40-41,43-46,49,51,55,57,72,76H,6-7,9,11-13,15,17-18,23-24,29-30,33,36,39,42,47-48,50,52-54,56,58-71H2,1-5H3/p+1/b10-8-,16-14-,21-19-,22-20-,27-25-,28-26-,32-31-,35-34-,38-37-,41-40-,45-43-,46-44-,51-49-,57-55-. The van der Waals surface area contributed by atoms with Crippen LogP contribution in [0, 0.1) is 0 Å². The first-order valence-corrected chi connectivity index (χ1v) is 33.3. The Labute approximate surface area is 520 Å². The van der Waals surface area contributed by atoms with E-state index in [2.05, 4.69) is 184 Å². The summed E-state index contributed by atoms with van der Waals surface area (Å²) in [4.78, 5) is 37.5. The van der Waals surface area contributed by atoms with Crippen molar-refractivity contribution < 1.29 is 42.9 Å². The quantitative estimate of drug-likeness (QED) is 0.0211. The summed E-state index contributed by atoms with van der Waals surface area (Å²) in [5.74, 6) is -2.08. The number of esters is 2.